The lowest BCUT2D eigenvalue weighted by molar-refractivity contribution is 0.164. The Morgan fingerprint density at radius 3 is 2.62 bits per heavy atom. The standard InChI is InChI=1S/C19H24ClFN4O/c1-19(2,3)23-18(26)24-9-7-15(8-10-24)25-12-22-16(17(25)20)13-5-4-6-14(21)11-13/h4-6,11-12,15H,7-10H2,1-3H3,(H,23,26). The number of carbonyl (C=O) groups excluding carboxylic acids is 1. The minimum absolute atomic E-state index is 0.0341. The van der Waals surface area contributed by atoms with E-state index >= 15 is 0 Å². The molecule has 0 spiro atoms. The SMILES string of the molecule is CC(C)(C)NC(=O)N1CCC(n2cnc(-c3cccc(F)c3)c2Cl)CC1. The molecule has 0 radical (unpaired) electrons. The number of aromatic nitrogens is 2. The molecule has 2 amide bonds. The second-order valence-electron chi connectivity index (χ2n) is 7.70. The van der Waals surface area contributed by atoms with Crippen molar-refractivity contribution in [3.05, 3.63) is 41.6 Å². The van der Waals surface area contributed by atoms with E-state index in [1.54, 1.807) is 18.5 Å². The van der Waals surface area contributed by atoms with E-state index in [1.807, 2.05) is 30.2 Å². The van der Waals surface area contributed by atoms with Gasteiger partial charge in [-0.25, -0.2) is 14.2 Å². The van der Waals surface area contributed by atoms with Crippen molar-refractivity contribution in [2.45, 2.75) is 45.2 Å². The molecule has 1 aromatic heterocycles. The third-order valence-corrected chi connectivity index (χ3v) is 4.83. The molecule has 2 aromatic rings. The third kappa shape index (κ3) is 4.18. The van der Waals surface area contributed by atoms with E-state index in [1.165, 1.54) is 12.1 Å². The first-order chi connectivity index (χ1) is 12.2. The van der Waals surface area contributed by atoms with Crippen molar-refractivity contribution in [1.29, 1.82) is 0 Å². The molecular weight excluding hydrogens is 355 g/mol. The maximum Gasteiger partial charge on any atom is 0.317 e. The Bertz CT molecular complexity index is 791. The van der Waals surface area contributed by atoms with Gasteiger partial charge in [-0.05, 0) is 45.7 Å². The van der Waals surface area contributed by atoms with E-state index in [9.17, 15) is 9.18 Å². The van der Waals surface area contributed by atoms with E-state index in [2.05, 4.69) is 10.3 Å². The van der Waals surface area contributed by atoms with Crippen LogP contribution in [0.4, 0.5) is 9.18 Å². The number of imidazole rings is 1. The number of hydrogen-bond acceptors (Lipinski definition) is 2. The van der Waals surface area contributed by atoms with E-state index in [0.29, 0.717) is 29.5 Å². The Kier molecular flexibility index (Phi) is 5.23. The predicted octanol–water partition coefficient (Wildman–Crippen LogP) is 4.49. The monoisotopic (exact) mass is 378 g/mol. The predicted molar refractivity (Wildman–Crippen MR) is 101 cm³/mol. The van der Waals surface area contributed by atoms with E-state index in [0.717, 1.165) is 12.8 Å². The topological polar surface area (TPSA) is 50.2 Å². The van der Waals surface area contributed by atoms with Gasteiger partial charge in [-0.15, -0.1) is 0 Å². The van der Waals surface area contributed by atoms with Gasteiger partial charge in [0.15, 0.2) is 0 Å². The van der Waals surface area contributed by atoms with Gasteiger partial charge in [0.25, 0.3) is 0 Å². The summed E-state index contributed by atoms with van der Waals surface area (Å²) in [6.45, 7) is 7.23. The summed E-state index contributed by atoms with van der Waals surface area (Å²) in [5, 5.41) is 3.50. The molecule has 1 saturated heterocycles. The molecule has 1 fully saturated rings. The number of piperidine rings is 1. The Labute approximate surface area is 158 Å². The van der Waals surface area contributed by atoms with Crippen LogP contribution in [0.5, 0.6) is 0 Å². The molecule has 0 unspecified atom stereocenters. The molecule has 0 atom stereocenters. The van der Waals surface area contributed by atoms with Crippen molar-refractivity contribution in [3.8, 4) is 11.3 Å². The van der Waals surface area contributed by atoms with Crippen LogP contribution >= 0.6 is 11.6 Å². The summed E-state index contributed by atoms with van der Waals surface area (Å²) in [6.07, 6.45) is 3.31. The van der Waals surface area contributed by atoms with E-state index in [4.69, 9.17) is 11.6 Å². The van der Waals surface area contributed by atoms with Crippen molar-refractivity contribution in [3.63, 3.8) is 0 Å². The minimum Gasteiger partial charge on any atom is -0.333 e. The second-order valence-corrected chi connectivity index (χ2v) is 8.06. The molecule has 0 aliphatic carbocycles. The Balaban J connectivity index is 1.68. The van der Waals surface area contributed by atoms with Crippen LogP contribution in [-0.4, -0.2) is 39.1 Å². The Morgan fingerprint density at radius 1 is 1.31 bits per heavy atom. The number of nitrogens with zero attached hydrogens (tertiary/aromatic N) is 3. The fourth-order valence-electron chi connectivity index (χ4n) is 3.18. The summed E-state index contributed by atoms with van der Waals surface area (Å²) < 4.78 is 15.4. The minimum atomic E-state index is -0.314. The molecule has 0 saturated carbocycles. The average Bonchev–Trinajstić information content (AvgIpc) is 2.95. The molecule has 3 rings (SSSR count). The fourth-order valence-corrected chi connectivity index (χ4v) is 3.52. The van der Waals surface area contributed by atoms with Crippen LogP contribution in [0, 0.1) is 5.82 Å². The number of hydrogen-bond donors (Lipinski definition) is 1. The molecule has 1 aromatic carbocycles. The molecule has 5 nitrogen and oxygen atoms in total. The average molecular weight is 379 g/mol. The Hall–Kier alpha value is -2.08. The van der Waals surface area contributed by atoms with Gasteiger partial charge in [-0.2, -0.15) is 0 Å². The van der Waals surface area contributed by atoms with Crippen LogP contribution in [-0.2, 0) is 0 Å². The summed E-state index contributed by atoms with van der Waals surface area (Å²) in [5.74, 6) is -0.314. The highest BCUT2D eigenvalue weighted by molar-refractivity contribution is 6.32. The number of rotatable bonds is 2. The highest BCUT2D eigenvalue weighted by Crippen LogP contribution is 2.32. The van der Waals surface area contributed by atoms with Gasteiger partial charge in [-0.3, -0.25) is 0 Å². The van der Waals surface area contributed by atoms with Crippen LogP contribution in [0.15, 0.2) is 30.6 Å². The van der Waals surface area contributed by atoms with Gasteiger partial charge in [-0.1, -0.05) is 23.7 Å². The number of halogens is 2. The zero-order valence-electron chi connectivity index (χ0n) is 15.3. The zero-order valence-corrected chi connectivity index (χ0v) is 16.1. The summed E-state index contributed by atoms with van der Waals surface area (Å²) in [6, 6.07) is 6.40. The van der Waals surface area contributed by atoms with Gasteiger partial charge in [0, 0.05) is 30.2 Å². The molecule has 1 N–H and O–H groups in total. The lowest BCUT2D eigenvalue weighted by Crippen LogP contribution is -2.50. The lowest BCUT2D eigenvalue weighted by atomic mass is 10.0. The van der Waals surface area contributed by atoms with Crippen molar-refractivity contribution in [2.24, 2.45) is 0 Å². The smallest absolute Gasteiger partial charge is 0.317 e. The van der Waals surface area contributed by atoms with Crippen molar-refractivity contribution < 1.29 is 9.18 Å². The van der Waals surface area contributed by atoms with Crippen LogP contribution in [0.1, 0.15) is 39.7 Å². The van der Waals surface area contributed by atoms with E-state index in [-0.39, 0.29) is 23.4 Å². The molecule has 7 heteroatoms. The first-order valence-electron chi connectivity index (χ1n) is 8.80. The van der Waals surface area contributed by atoms with Crippen molar-refractivity contribution in [2.75, 3.05) is 13.1 Å². The van der Waals surface area contributed by atoms with Crippen LogP contribution in [0.25, 0.3) is 11.3 Å². The highest BCUT2D eigenvalue weighted by atomic mass is 35.5. The number of amides is 2. The Morgan fingerprint density at radius 2 is 2.00 bits per heavy atom. The number of nitrogens with one attached hydrogen (secondary N) is 1. The van der Waals surface area contributed by atoms with Gasteiger partial charge in [0.05, 0.1) is 6.33 Å². The third-order valence-electron chi connectivity index (χ3n) is 4.46. The largest absolute Gasteiger partial charge is 0.333 e. The first-order valence-corrected chi connectivity index (χ1v) is 9.18. The second kappa shape index (κ2) is 7.27. The van der Waals surface area contributed by atoms with Crippen LogP contribution in [0.3, 0.4) is 0 Å². The number of urea groups is 1. The molecule has 1 aliphatic heterocycles. The van der Waals surface area contributed by atoms with Crippen LogP contribution in [0.2, 0.25) is 5.15 Å². The molecule has 26 heavy (non-hydrogen) atoms. The maximum atomic E-state index is 13.5. The number of carbonyl (C=O) groups is 1. The van der Waals surface area contributed by atoms with Crippen molar-refractivity contribution >= 4 is 17.6 Å². The van der Waals surface area contributed by atoms with E-state index < -0.39 is 0 Å². The zero-order chi connectivity index (χ0) is 18.9. The summed E-state index contributed by atoms with van der Waals surface area (Å²) in [4.78, 5) is 18.5. The highest BCUT2D eigenvalue weighted by Gasteiger charge is 2.27. The molecule has 2 heterocycles. The lowest BCUT2D eigenvalue weighted by Gasteiger charge is -2.34. The quantitative estimate of drug-likeness (QED) is 0.837. The summed E-state index contributed by atoms with van der Waals surface area (Å²) in [7, 11) is 0. The van der Waals surface area contributed by atoms with Gasteiger partial charge >= 0.3 is 6.03 Å². The molecule has 0 bridgehead atoms. The molecular formula is C19H24ClFN4O. The summed E-state index contributed by atoms with van der Waals surface area (Å²) >= 11 is 6.52. The van der Waals surface area contributed by atoms with Crippen LogP contribution < -0.4 is 5.32 Å². The first kappa shape index (κ1) is 18.7. The fraction of sp³-hybridized carbons (Fsp3) is 0.474. The molecule has 1 aliphatic rings. The summed E-state index contributed by atoms with van der Waals surface area (Å²) in [5.41, 5.74) is 0.997. The van der Waals surface area contributed by atoms with Gasteiger partial charge in [0.2, 0.25) is 0 Å². The van der Waals surface area contributed by atoms with Gasteiger partial charge in [0.1, 0.15) is 16.7 Å². The maximum absolute atomic E-state index is 13.5. The normalized spacial score (nSPS) is 16.0. The number of benzene rings is 1. The van der Waals surface area contributed by atoms with Crippen molar-refractivity contribution in [1.82, 2.24) is 19.8 Å². The number of likely N-dealkylation sites (tertiary alicyclic amines) is 1. The van der Waals surface area contributed by atoms with Gasteiger partial charge < -0.3 is 14.8 Å². The molecule has 140 valence electrons.